The maximum atomic E-state index is 5.57. The fourth-order valence-corrected chi connectivity index (χ4v) is 2.11. The van der Waals surface area contributed by atoms with Crippen LogP contribution < -0.4 is 10.1 Å². The molecule has 0 aliphatic carbocycles. The molecule has 5 nitrogen and oxygen atoms in total. The minimum atomic E-state index is 0.598. The Morgan fingerprint density at radius 3 is 2.68 bits per heavy atom. The van der Waals surface area contributed by atoms with Crippen molar-refractivity contribution in [3.05, 3.63) is 35.7 Å². The van der Waals surface area contributed by atoms with E-state index in [0.29, 0.717) is 13.2 Å². The number of benzene rings is 1. The number of aromatic nitrogens is 2. The van der Waals surface area contributed by atoms with E-state index in [9.17, 15) is 0 Å². The number of aryl methyl sites for hydroxylation is 1. The van der Waals surface area contributed by atoms with Crippen molar-refractivity contribution >= 4 is 16.7 Å². The molecule has 1 heterocycles. The van der Waals surface area contributed by atoms with Gasteiger partial charge in [0.1, 0.15) is 11.6 Å². The predicted molar refractivity (Wildman–Crippen MR) is 75.8 cm³/mol. The lowest BCUT2D eigenvalue weighted by Gasteiger charge is -2.06. The van der Waals surface area contributed by atoms with Crippen LogP contribution in [0.1, 0.15) is 11.4 Å². The predicted octanol–water partition coefficient (Wildman–Crippen LogP) is 2.48. The summed E-state index contributed by atoms with van der Waals surface area (Å²) in [6.07, 6.45) is 0. The van der Waals surface area contributed by atoms with Crippen LogP contribution in [-0.4, -0.2) is 29.6 Å². The summed E-state index contributed by atoms with van der Waals surface area (Å²) in [5.74, 6) is 1.66. The van der Waals surface area contributed by atoms with Gasteiger partial charge in [0.15, 0.2) is 0 Å². The van der Waals surface area contributed by atoms with Crippen molar-refractivity contribution in [2.75, 3.05) is 25.6 Å². The first-order chi connectivity index (χ1) is 9.28. The number of methoxy groups -OCH3 is 1. The van der Waals surface area contributed by atoms with Crippen molar-refractivity contribution in [2.45, 2.75) is 13.5 Å². The van der Waals surface area contributed by atoms with Gasteiger partial charge in [0.25, 0.3) is 0 Å². The monoisotopic (exact) mass is 279 g/mol. The first-order valence-corrected chi connectivity index (χ1v) is 6.80. The van der Waals surface area contributed by atoms with Gasteiger partial charge >= 0.3 is 0 Å². The lowest BCUT2D eigenvalue weighted by molar-refractivity contribution is 0.130. The number of rotatable bonds is 7. The van der Waals surface area contributed by atoms with E-state index in [4.69, 9.17) is 9.47 Å². The Morgan fingerprint density at radius 2 is 2.05 bits per heavy atom. The second kappa shape index (κ2) is 7.06. The molecule has 2 aromatic rings. The van der Waals surface area contributed by atoms with Gasteiger partial charge in [-0.15, -0.1) is 0 Å². The normalized spacial score (nSPS) is 10.4. The molecule has 0 fully saturated rings. The summed E-state index contributed by atoms with van der Waals surface area (Å²) in [6.45, 7) is 3.83. The van der Waals surface area contributed by atoms with E-state index >= 15 is 0 Å². The van der Waals surface area contributed by atoms with E-state index in [1.54, 1.807) is 7.11 Å². The van der Waals surface area contributed by atoms with Crippen molar-refractivity contribution in [3.63, 3.8) is 0 Å². The van der Waals surface area contributed by atoms with Crippen LogP contribution in [0.3, 0.4) is 0 Å². The molecule has 0 aliphatic heterocycles. The molecule has 0 saturated carbocycles. The highest BCUT2D eigenvalue weighted by Gasteiger charge is 1.99. The van der Waals surface area contributed by atoms with Gasteiger partial charge in [0, 0.05) is 18.1 Å². The molecule has 102 valence electrons. The van der Waals surface area contributed by atoms with Crippen LogP contribution in [0.25, 0.3) is 0 Å². The minimum absolute atomic E-state index is 0.598. The van der Waals surface area contributed by atoms with Crippen LogP contribution in [-0.2, 0) is 11.3 Å². The molecule has 19 heavy (non-hydrogen) atoms. The lowest BCUT2D eigenvalue weighted by atomic mass is 10.2. The Balaban J connectivity index is 1.63. The van der Waals surface area contributed by atoms with Crippen LogP contribution in [0.2, 0.25) is 0 Å². The Bertz CT molecular complexity index is 499. The fraction of sp³-hybridized carbons (Fsp3) is 0.385. The summed E-state index contributed by atoms with van der Waals surface area (Å²) < 4.78 is 14.8. The highest BCUT2D eigenvalue weighted by Crippen LogP contribution is 2.12. The number of nitrogens with zero attached hydrogens (tertiary/aromatic N) is 2. The zero-order valence-electron chi connectivity index (χ0n) is 11.0. The molecule has 0 spiro atoms. The lowest BCUT2D eigenvalue weighted by Crippen LogP contribution is -2.09. The molecular weight excluding hydrogens is 262 g/mol. The number of nitrogens with one attached hydrogen (secondary N) is 1. The second-order valence-electron chi connectivity index (χ2n) is 3.97. The standard InChI is InChI=1S/C13H17N3O2S/c1-10-15-13(19-16-10)14-7-8-18-9-11-3-5-12(17-2)6-4-11/h3-6H,7-9H2,1-2H3,(H,14,15,16). The summed E-state index contributed by atoms with van der Waals surface area (Å²) in [7, 11) is 1.66. The molecule has 1 aromatic heterocycles. The SMILES string of the molecule is COc1ccc(COCCNc2nc(C)ns2)cc1. The van der Waals surface area contributed by atoms with Gasteiger partial charge in [-0.05, 0) is 24.6 Å². The Kier molecular flexibility index (Phi) is 5.11. The first kappa shape index (κ1) is 13.8. The van der Waals surface area contributed by atoms with Gasteiger partial charge < -0.3 is 14.8 Å². The van der Waals surface area contributed by atoms with E-state index < -0.39 is 0 Å². The van der Waals surface area contributed by atoms with Gasteiger partial charge in [0.2, 0.25) is 5.13 Å². The fourth-order valence-electron chi connectivity index (χ4n) is 1.51. The molecule has 0 aliphatic rings. The van der Waals surface area contributed by atoms with Gasteiger partial charge in [-0.3, -0.25) is 0 Å². The number of anilines is 1. The molecular formula is C13H17N3O2S. The molecule has 0 saturated heterocycles. The third kappa shape index (κ3) is 4.50. The van der Waals surface area contributed by atoms with Gasteiger partial charge in [-0.1, -0.05) is 12.1 Å². The van der Waals surface area contributed by atoms with Crippen LogP contribution in [0.15, 0.2) is 24.3 Å². The van der Waals surface area contributed by atoms with E-state index in [0.717, 1.165) is 28.8 Å². The molecule has 0 radical (unpaired) electrons. The summed E-state index contributed by atoms with van der Waals surface area (Å²) in [6, 6.07) is 7.86. The zero-order valence-corrected chi connectivity index (χ0v) is 11.9. The summed E-state index contributed by atoms with van der Waals surface area (Å²) in [5, 5.41) is 4.01. The average molecular weight is 279 g/mol. The van der Waals surface area contributed by atoms with Crippen LogP contribution in [0.5, 0.6) is 5.75 Å². The number of ether oxygens (including phenoxy) is 2. The van der Waals surface area contributed by atoms with Crippen molar-refractivity contribution < 1.29 is 9.47 Å². The number of hydrogen-bond donors (Lipinski definition) is 1. The molecule has 1 N–H and O–H groups in total. The Morgan fingerprint density at radius 1 is 1.26 bits per heavy atom. The Hall–Kier alpha value is -1.66. The second-order valence-corrected chi connectivity index (χ2v) is 4.73. The van der Waals surface area contributed by atoms with Gasteiger partial charge in [-0.2, -0.15) is 4.37 Å². The third-order valence-corrected chi connectivity index (χ3v) is 3.24. The van der Waals surface area contributed by atoms with Crippen LogP contribution >= 0.6 is 11.5 Å². The quantitative estimate of drug-likeness (QED) is 0.789. The highest BCUT2D eigenvalue weighted by molar-refractivity contribution is 7.09. The Labute approximate surface area is 116 Å². The zero-order chi connectivity index (χ0) is 13.5. The van der Waals surface area contributed by atoms with E-state index in [1.165, 1.54) is 11.5 Å². The van der Waals surface area contributed by atoms with E-state index in [-0.39, 0.29) is 0 Å². The number of hydrogen-bond acceptors (Lipinski definition) is 6. The minimum Gasteiger partial charge on any atom is -0.497 e. The van der Waals surface area contributed by atoms with Crippen molar-refractivity contribution in [2.24, 2.45) is 0 Å². The highest BCUT2D eigenvalue weighted by atomic mass is 32.1. The van der Waals surface area contributed by atoms with Gasteiger partial charge in [-0.25, -0.2) is 4.98 Å². The largest absolute Gasteiger partial charge is 0.497 e. The molecule has 0 amide bonds. The van der Waals surface area contributed by atoms with E-state index in [1.807, 2.05) is 31.2 Å². The first-order valence-electron chi connectivity index (χ1n) is 6.03. The molecule has 1 aromatic carbocycles. The summed E-state index contributed by atoms with van der Waals surface area (Å²) in [4.78, 5) is 4.21. The van der Waals surface area contributed by atoms with Crippen LogP contribution in [0, 0.1) is 6.92 Å². The third-order valence-electron chi connectivity index (χ3n) is 2.48. The van der Waals surface area contributed by atoms with E-state index in [2.05, 4.69) is 14.7 Å². The molecule has 0 atom stereocenters. The summed E-state index contributed by atoms with van der Waals surface area (Å²) in [5.41, 5.74) is 1.13. The topological polar surface area (TPSA) is 56.3 Å². The van der Waals surface area contributed by atoms with Crippen LogP contribution in [0.4, 0.5) is 5.13 Å². The smallest absolute Gasteiger partial charge is 0.202 e. The molecule has 0 bridgehead atoms. The average Bonchev–Trinajstić information content (AvgIpc) is 2.85. The van der Waals surface area contributed by atoms with Crippen molar-refractivity contribution in [3.8, 4) is 5.75 Å². The maximum absolute atomic E-state index is 5.57. The maximum Gasteiger partial charge on any atom is 0.202 e. The molecule has 2 rings (SSSR count). The molecule has 6 heteroatoms. The van der Waals surface area contributed by atoms with Crippen molar-refractivity contribution in [1.29, 1.82) is 0 Å². The van der Waals surface area contributed by atoms with Crippen molar-refractivity contribution in [1.82, 2.24) is 9.36 Å². The summed E-state index contributed by atoms with van der Waals surface area (Å²) >= 11 is 1.37. The van der Waals surface area contributed by atoms with Gasteiger partial charge in [0.05, 0.1) is 20.3 Å². The molecule has 0 unspecified atom stereocenters.